The molecule has 33 heavy (non-hydrogen) atoms. The number of hydrogen-bond acceptors (Lipinski definition) is 3. The second-order valence-electron chi connectivity index (χ2n) is 10.1. The number of ketones is 1. The smallest absolute Gasteiger partial charge is 0.163 e. The summed E-state index contributed by atoms with van der Waals surface area (Å²) < 4.78 is 0. The molecule has 5 rings (SSSR count). The Morgan fingerprint density at radius 3 is 2.21 bits per heavy atom. The minimum absolute atomic E-state index is 0.0617. The first kappa shape index (κ1) is 21.8. The van der Waals surface area contributed by atoms with E-state index in [1.54, 1.807) is 0 Å². The number of carbonyl (C=O) groups is 1. The summed E-state index contributed by atoms with van der Waals surface area (Å²) in [6, 6.07) is 24.5. The Morgan fingerprint density at radius 2 is 1.52 bits per heavy atom. The third kappa shape index (κ3) is 4.18. The van der Waals surface area contributed by atoms with E-state index in [4.69, 9.17) is 11.6 Å². The lowest BCUT2D eigenvalue weighted by molar-refractivity contribution is -0.116. The van der Waals surface area contributed by atoms with E-state index in [9.17, 15) is 4.79 Å². The largest absolute Gasteiger partial charge is 0.372 e. The molecule has 1 aliphatic carbocycles. The van der Waals surface area contributed by atoms with Gasteiger partial charge in [0.2, 0.25) is 0 Å². The van der Waals surface area contributed by atoms with Crippen molar-refractivity contribution in [2.75, 3.05) is 10.6 Å². The Morgan fingerprint density at radius 1 is 0.848 bits per heavy atom. The molecule has 3 nitrogen and oxygen atoms in total. The van der Waals surface area contributed by atoms with Crippen LogP contribution in [0.15, 0.2) is 84.1 Å². The van der Waals surface area contributed by atoms with Gasteiger partial charge in [0.15, 0.2) is 5.78 Å². The molecule has 3 aromatic rings. The Bertz CT molecular complexity index is 1240. The maximum atomic E-state index is 13.7. The fourth-order valence-corrected chi connectivity index (χ4v) is 5.23. The van der Waals surface area contributed by atoms with Gasteiger partial charge in [-0.3, -0.25) is 4.79 Å². The molecular weight excluding hydrogens is 428 g/mol. The molecule has 0 saturated heterocycles. The minimum Gasteiger partial charge on any atom is -0.372 e. The van der Waals surface area contributed by atoms with Crippen LogP contribution >= 0.6 is 11.6 Å². The summed E-state index contributed by atoms with van der Waals surface area (Å²) in [6.45, 7) is 6.64. The van der Waals surface area contributed by atoms with Crippen LogP contribution in [0.3, 0.4) is 0 Å². The van der Waals surface area contributed by atoms with E-state index in [0.29, 0.717) is 6.42 Å². The molecule has 4 heteroatoms. The van der Waals surface area contributed by atoms with Crippen molar-refractivity contribution in [3.63, 3.8) is 0 Å². The molecule has 0 fully saturated rings. The predicted octanol–water partition coefficient (Wildman–Crippen LogP) is 7.62. The molecule has 168 valence electrons. The molecule has 2 aliphatic rings. The zero-order valence-corrected chi connectivity index (χ0v) is 20.0. The van der Waals surface area contributed by atoms with E-state index in [1.807, 2.05) is 36.4 Å². The fourth-order valence-electron chi connectivity index (χ4n) is 4.94. The highest BCUT2D eigenvalue weighted by Gasteiger charge is 2.36. The van der Waals surface area contributed by atoms with Gasteiger partial charge < -0.3 is 10.6 Å². The first-order valence-electron chi connectivity index (χ1n) is 11.5. The van der Waals surface area contributed by atoms with Crippen molar-refractivity contribution in [3.05, 3.63) is 106 Å². The zero-order valence-electron chi connectivity index (χ0n) is 19.3. The van der Waals surface area contributed by atoms with Gasteiger partial charge in [-0.15, -0.1) is 0 Å². The lowest BCUT2D eigenvalue weighted by atomic mass is 9.78. The summed E-state index contributed by atoms with van der Waals surface area (Å²) in [5.41, 5.74) is 7.30. The number of anilines is 2. The van der Waals surface area contributed by atoms with Gasteiger partial charge in [0.05, 0.1) is 17.4 Å². The number of Topliss-reactive ketones (excluding diaryl/α,β-unsaturated/α-hetero) is 1. The van der Waals surface area contributed by atoms with Crippen LogP contribution in [-0.2, 0) is 10.2 Å². The molecular formula is C29H29ClN2O. The van der Waals surface area contributed by atoms with Crippen molar-refractivity contribution < 1.29 is 4.79 Å². The monoisotopic (exact) mass is 456 g/mol. The first-order valence-corrected chi connectivity index (χ1v) is 11.9. The number of carbonyl (C=O) groups excluding carboxylic acids is 1. The lowest BCUT2D eigenvalue weighted by Crippen LogP contribution is -2.27. The van der Waals surface area contributed by atoms with Gasteiger partial charge in [0.25, 0.3) is 0 Å². The van der Waals surface area contributed by atoms with Gasteiger partial charge in [-0.25, -0.2) is 0 Å². The average Bonchev–Trinajstić information content (AvgIpc) is 2.96. The van der Waals surface area contributed by atoms with E-state index in [2.05, 4.69) is 67.8 Å². The van der Waals surface area contributed by atoms with E-state index in [1.165, 1.54) is 5.56 Å². The van der Waals surface area contributed by atoms with Crippen molar-refractivity contribution in [2.45, 2.75) is 51.0 Å². The van der Waals surface area contributed by atoms with Crippen LogP contribution < -0.4 is 10.6 Å². The van der Waals surface area contributed by atoms with Gasteiger partial charge in [0, 0.05) is 22.7 Å². The van der Waals surface area contributed by atoms with E-state index >= 15 is 0 Å². The van der Waals surface area contributed by atoms with Crippen LogP contribution in [0.5, 0.6) is 0 Å². The summed E-state index contributed by atoms with van der Waals surface area (Å²) in [6.07, 6.45) is 1.20. The van der Waals surface area contributed by atoms with E-state index < -0.39 is 0 Å². The third-order valence-electron chi connectivity index (χ3n) is 6.76. The van der Waals surface area contributed by atoms with Crippen LogP contribution in [0.4, 0.5) is 11.4 Å². The summed E-state index contributed by atoms with van der Waals surface area (Å²) in [5.74, 6) is 0.227. The fraction of sp³-hybridized carbons (Fsp3) is 0.276. The standard InChI is InChI=1S/C29H29ClN2O/c1-29(2,3)20-14-12-18(13-15-20)28-27-25(31-23-10-6-7-11-24(23)32-28)16-19(17-26(27)33)21-8-4-5-9-22(21)30/h4-15,19,28,31-32H,16-17H2,1-3H3. The van der Waals surface area contributed by atoms with Crippen LogP contribution in [0.1, 0.15) is 62.3 Å². The number of allylic oxidation sites excluding steroid dienone is 1. The van der Waals surface area contributed by atoms with Crippen molar-refractivity contribution in [1.29, 1.82) is 0 Å². The van der Waals surface area contributed by atoms with Crippen molar-refractivity contribution in [3.8, 4) is 0 Å². The molecule has 0 saturated carbocycles. The molecule has 2 N–H and O–H groups in total. The maximum Gasteiger partial charge on any atom is 0.163 e. The predicted molar refractivity (Wildman–Crippen MR) is 137 cm³/mol. The van der Waals surface area contributed by atoms with Gasteiger partial charge in [-0.1, -0.05) is 87.0 Å². The number of fused-ring (bicyclic) bond motifs is 1. The number of rotatable bonds is 2. The van der Waals surface area contributed by atoms with Crippen LogP contribution in [-0.4, -0.2) is 5.78 Å². The molecule has 2 unspecified atom stereocenters. The van der Waals surface area contributed by atoms with Crippen LogP contribution in [0.25, 0.3) is 0 Å². The van der Waals surface area contributed by atoms with Crippen molar-refractivity contribution >= 4 is 28.8 Å². The number of halogens is 1. The van der Waals surface area contributed by atoms with Gasteiger partial charge in [0.1, 0.15) is 0 Å². The topological polar surface area (TPSA) is 41.1 Å². The highest BCUT2D eigenvalue weighted by molar-refractivity contribution is 6.31. The summed E-state index contributed by atoms with van der Waals surface area (Å²) >= 11 is 6.51. The third-order valence-corrected chi connectivity index (χ3v) is 7.11. The highest BCUT2D eigenvalue weighted by Crippen LogP contribution is 2.45. The quantitative estimate of drug-likeness (QED) is 0.416. The van der Waals surface area contributed by atoms with Crippen LogP contribution in [0, 0.1) is 0 Å². The molecule has 1 aliphatic heterocycles. The zero-order chi connectivity index (χ0) is 23.2. The molecule has 0 spiro atoms. The van der Waals surface area contributed by atoms with Crippen molar-refractivity contribution in [2.24, 2.45) is 0 Å². The van der Waals surface area contributed by atoms with E-state index in [0.717, 1.165) is 45.2 Å². The SMILES string of the molecule is CC(C)(C)c1ccc(C2Nc3ccccc3NC3=C2C(=O)CC(c2ccccc2Cl)C3)cc1. The number of para-hydroxylation sites is 2. The maximum absolute atomic E-state index is 13.7. The summed E-state index contributed by atoms with van der Waals surface area (Å²) in [5, 5.41) is 7.98. The molecule has 0 bridgehead atoms. The van der Waals surface area contributed by atoms with Gasteiger partial charge in [-0.05, 0) is 52.6 Å². The summed E-state index contributed by atoms with van der Waals surface area (Å²) in [7, 11) is 0. The van der Waals surface area contributed by atoms with E-state index in [-0.39, 0.29) is 23.2 Å². The van der Waals surface area contributed by atoms with Crippen molar-refractivity contribution in [1.82, 2.24) is 0 Å². The first-order chi connectivity index (χ1) is 15.8. The number of benzene rings is 3. The van der Waals surface area contributed by atoms with Gasteiger partial charge in [-0.2, -0.15) is 0 Å². The second kappa shape index (κ2) is 8.39. The second-order valence-corrected chi connectivity index (χ2v) is 10.5. The minimum atomic E-state index is -0.204. The molecule has 0 aromatic heterocycles. The molecule has 0 radical (unpaired) electrons. The Balaban J connectivity index is 1.59. The van der Waals surface area contributed by atoms with Gasteiger partial charge >= 0.3 is 0 Å². The summed E-state index contributed by atoms with van der Waals surface area (Å²) in [4.78, 5) is 13.7. The lowest BCUT2D eigenvalue weighted by Gasteiger charge is -2.30. The molecule has 3 aromatic carbocycles. The Hall–Kier alpha value is -3.04. The number of hydrogen-bond donors (Lipinski definition) is 2. The molecule has 1 heterocycles. The Kier molecular flexibility index (Phi) is 5.54. The molecule has 0 amide bonds. The normalized spacial score (nSPS) is 20.3. The number of nitrogens with one attached hydrogen (secondary N) is 2. The highest BCUT2D eigenvalue weighted by atomic mass is 35.5. The molecule has 2 atom stereocenters. The average molecular weight is 457 g/mol. The Labute approximate surface area is 200 Å². The van der Waals surface area contributed by atoms with Crippen LogP contribution in [0.2, 0.25) is 5.02 Å².